The molecule has 1 aromatic rings. The highest BCUT2D eigenvalue weighted by Crippen LogP contribution is 2.39. The quantitative estimate of drug-likeness (QED) is 0.525. The molecule has 0 unspecified atom stereocenters. The first-order valence-corrected chi connectivity index (χ1v) is 9.19. The Hall–Kier alpha value is -1.28. The van der Waals surface area contributed by atoms with Gasteiger partial charge in [0.2, 0.25) is 8.32 Å². The van der Waals surface area contributed by atoms with Crippen LogP contribution in [-0.2, 0) is 4.43 Å². The maximum absolute atomic E-state index is 6.18. The zero-order valence-electron chi connectivity index (χ0n) is 12.2. The molecule has 1 aromatic carbocycles. The van der Waals surface area contributed by atoms with Gasteiger partial charge in [-0.1, -0.05) is 64.3 Å². The van der Waals surface area contributed by atoms with Gasteiger partial charge in [0.1, 0.15) is 5.76 Å². The lowest BCUT2D eigenvalue weighted by Gasteiger charge is -2.37. The highest BCUT2D eigenvalue weighted by atomic mass is 28.4. The molecule has 0 saturated carbocycles. The van der Waals surface area contributed by atoms with Gasteiger partial charge in [-0.15, -0.1) is 0 Å². The van der Waals surface area contributed by atoms with E-state index < -0.39 is 8.32 Å². The minimum absolute atomic E-state index is 0.191. The van der Waals surface area contributed by atoms with E-state index in [4.69, 9.17) is 4.43 Å². The van der Waals surface area contributed by atoms with Crippen LogP contribution in [-0.4, -0.2) is 8.32 Å². The minimum Gasteiger partial charge on any atom is -0.543 e. The second-order valence-electron chi connectivity index (χ2n) is 6.11. The van der Waals surface area contributed by atoms with Crippen LogP contribution in [0.5, 0.6) is 0 Å². The van der Waals surface area contributed by atoms with Gasteiger partial charge in [0.05, 0.1) is 0 Å². The maximum Gasteiger partial charge on any atom is 0.250 e. The second kappa shape index (κ2) is 5.15. The summed E-state index contributed by atoms with van der Waals surface area (Å²) in [6, 6.07) is 8.13. The molecule has 0 aliphatic rings. The van der Waals surface area contributed by atoms with Crippen molar-refractivity contribution in [2.75, 3.05) is 0 Å². The minimum atomic E-state index is -1.79. The summed E-state index contributed by atoms with van der Waals surface area (Å²) in [5.41, 5.74) is 2.16. The van der Waals surface area contributed by atoms with Gasteiger partial charge in [0.25, 0.3) is 0 Å². The van der Waals surface area contributed by atoms with Gasteiger partial charge in [-0.3, -0.25) is 0 Å². The molecule has 0 saturated heterocycles. The van der Waals surface area contributed by atoms with E-state index >= 15 is 0 Å². The van der Waals surface area contributed by atoms with Gasteiger partial charge in [0.15, 0.2) is 0 Å². The zero-order chi connectivity index (χ0) is 14.0. The molecular formula is C16H24OSi. The fourth-order valence-electron chi connectivity index (χ4n) is 1.33. The third kappa shape index (κ3) is 3.36. The van der Waals surface area contributed by atoms with Crippen LogP contribution >= 0.6 is 0 Å². The lowest BCUT2D eigenvalue weighted by molar-refractivity contribution is 0.459. The van der Waals surface area contributed by atoms with Crippen molar-refractivity contribution in [1.29, 1.82) is 0 Å². The first-order chi connectivity index (χ1) is 8.17. The van der Waals surface area contributed by atoms with E-state index in [-0.39, 0.29) is 5.04 Å². The van der Waals surface area contributed by atoms with Crippen molar-refractivity contribution in [3.63, 3.8) is 0 Å². The molecule has 98 valence electrons. The van der Waals surface area contributed by atoms with E-state index in [9.17, 15) is 0 Å². The van der Waals surface area contributed by atoms with Crippen LogP contribution in [0.3, 0.4) is 0 Å². The van der Waals surface area contributed by atoms with Crippen LogP contribution in [0.4, 0.5) is 0 Å². The highest BCUT2D eigenvalue weighted by molar-refractivity contribution is 6.74. The Morgan fingerprint density at radius 1 is 1.17 bits per heavy atom. The molecule has 0 spiro atoms. The van der Waals surface area contributed by atoms with E-state index in [1.807, 2.05) is 30.3 Å². The lowest BCUT2D eigenvalue weighted by Crippen LogP contribution is -2.40. The standard InChI is InChI=1S/C16H24OSi/c1-8-14-9-11-15(12-10-14)13(2)17-18(6,7)16(3,4)5/h8-12H,1-2H2,3-7H3. The first-order valence-electron chi connectivity index (χ1n) is 6.28. The number of hydrogen-bond acceptors (Lipinski definition) is 1. The van der Waals surface area contributed by atoms with Crippen molar-refractivity contribution in [2.45, 2.75) is 38.9 Å². The van der Waals surface area contributed by atoms with Gasteiger partial charge in [-0.05, 0) is 23.7 Å². The Kier molecular flexibility index (Phi) is 4.23. The summed E-state index contributed by atoms with van der Waals surface area (Å²) in [5, 5.41) is 0.191. The number of rotatable bonds is 4. The van der Waals surface area contributed by atoms with Gasteiger partial charge in [-0.25, -0.2) is 0 Å². The Balaban J connectivity index is 2.85. The summed E-state index contributed by atoms with van der Waals surface area (Å²) in [7, 11) is -1.79. The Morgan fingerprint density at radius 2 is 1.67 bits per heavy atom. The SMILES string of the molecule is C=Cc1ccc(C(=C)O[Si](C)(C)C(C)(C)C)cc1. The van der Waals surface area contributed by atoms with E-state index in [1.54, 1.807) is 0 Å². The largest absolute Gasteiger partial charge is 0.543 e. The summed E-state index contributed by atoms with van der Waals surface area (Å²) in [5.74, 6) is 0.775. The van der Waals surface area contributed by atoms with Crippen LogP contribution in [0, 0.1) is 0 Å². The molecule has 0 aromatic heterocycles. The molecule has 0 heterocycles. The van der Waals surface area contributed by atoms with Gasteiger partial charge >= 0.3 is 0 Å². The Bertz CT molecular complexity index is 435. The number of benzene rings is 1. The fraction of sp³-hybridized carbons (Fsp3) is 0.375. The van der Waals surface area contributed by atoms with Crippen molar-refractivity contribution in [3.05, 3.63) is 48.6 Å². The summed E-state index contributed by atoms with van der Waals surface area (Å²) >= 11 is 0. The summed E-state index contributed by atoms with van der Waals surface area (Å²) in [4.78, 5) is 0. The van der Waals surface area contributed by atoms with Crippen LogP contribution in [0.2, 0.25) is 18.1 Å². The molecule has 1 rings (SSSR count). The predicted molar refractivity (Wildman–Crippen MR) is 83.8 cm³/mol. The van der Waals surface area contributed by atoms with Crippen molar-refractivity contribution in [1.82, 2.24) is 0 Å². The molecule has 1 nitrogen and oxygen atoms in total. The molecule has 0 aliphatic heterocycles. The number of hydrogen-bond donors (Lipinski definition) is 0. The van der Waals surface area contributed by atoms with Gasteiger partial charge in [-0.2, -0.15) is 0 Å². The Morgan fingerprint density at radius 3 is 2.06 bits per heavy atom. The first kappa shape index (κ1) is 14.8. The second-order valence-corrected chi connectivity index (χ2v) is 10.8. The molecule has 0 amide bonds. The molecule has 0 bridgehead atoms. The molecule has 2 heteroatoms. The molecule has 0 radical (unpaired) electrons. The van der Waals surface area contributed by atoms with Crippen molar-refractivity contribution >= 4 is 20.2 Å². The smallest absolute Gasteiger partial charge is 0.250 e. The molecule has 0 N–H and O–H groups in total. The summed E-state index contributed by atoms with van der Waals surface area (Å²) in [6.45, 7) is 19.0. The summed E-state index contributed by atoms with van der Waals surface area (Å²) < 4.78 is 6.18. The van der Waals surface area contributed by atoms with Crippen LogP contribution in [0.25, 0.3) is 11.8 Å². The summed E-state index contributed by atoms with van der Waals surface area (Å²) in [6.07, 6.45) is 1.83. The maximum atomic E-state index is 6.18. The molecule has 0 fully saturated rings. The van der Waals surface area contributed by atoms with Crippen LogP contribution in [0.1, 0.15) is 31.9 Å². The normalized spacial score (nSPS) is 12.1. The van der Waals surface area contributed by atoms with E-state index in [0.29, 0.717) is 0 Å². The lowest BCUT2D eigenvalue weighted by atomic mass is 10.1. The van der Waals surface area contributed by atoms with Crippen molar-refractivity contribution < 1.29 is 4.43 Å². The van der Waals surface area contributed by atoms with E-state index in [2.05, 4.69) is 47.0 Å². The van der Waals surface area contributed by atoms with Crippen LogP contribution in [0.15, 0.2) is 37.4 Å². The average molecular weight is 260 g/mol. The molecule has 0 atom stereocenters. The van der Waals surface area contributed by atoms with E-state index in [0.717, 1.165) is 16.9 Å². The monoisotopic (exact) mass is 260 g/mol. The topological polar surface area (TPSA) is 9.23 Å². The highest BCUT2D eigenvalue weighted by Gasteiger charge is 2.39. The molecule has 0 aliphatic carbocycles. The third-order valence-corrected chi connectivity index (χ3v) is 8.02. The average Bonchev–Trinajstić information content (AvgIpc) is 2.27. The van der Waals surface area contributed by atoms with Crippen molar-refractivity contribution in [3.8, 4) is 0 Å². The fourth-order valence-corrected chi connectivity index (χ4v) is 2.37. The van der Waals surface area contributed by atoms with Gasteiger partial charge < -0.3 is 4.43 Å². The Labute approximate surface area is 112 Å². The predicted octanol–water partition coefficient (Wildman–Crippen LogP) is 5.32. The van der Waals surface area contributed by atoms with Crippen LogP contribution < -0.4 is 0 Å². The molecular weight excluding hydrogens is 236 g/mol. The van der Waals surface area contributed by atoms with Crippen molar-refractivity contribution in [2.24, 2.45) is 0 Å². The third-order valence-electron chi connectivity index (χ3n) is 3.65. The van der Waals surface area contributed by atoms with E-state index in [1.165, 1.54) is 0 Å². The zero-order valence-corrected chi connectivity index (χ0v) is 13.2. The van der Waals surface area contributed by atoms with Gasteiger partial charge in [0, 0.05) is 5.56 Å². The molecule has 18 heavy (non-hydrogen) atoms.